The van der Waals surface area contributed by atoms with Crippen molar-refractivity contribution in [1.82, 2.24) is 9.88 Å². The first-order chi connectivity index (χ1) is 10.7. The molecule has 0 aromatic carbocycles. The van der Waals surface area contributed by atoms with Crippen LogP contribution in [0, 0.1) is 0 Å². The third-order valence-electron chi connectivity index (χ3n) is 3.76. The molecule has 0 aliphatic carbocycles. The first-order valence-electron chi connectivity index (χ1n) is 7.11. The second kappa shape index (κ2) is 6.37. The van der Waals surface area contributed by atoms with Crippen molar-refractivity contribution < 1.29 is 9.21 Å². The van der Waals surface area contributed by atoms with Crippen LogP contribution in [-0.4, -0.2) is 42.0 Å². The van der Waals surface area contributed by atoms with Crippen LogP contribution in [0.2, 0.25) is 5.02 Å². The summed E-state index contributed by atoms with van der Waals surface area (Å²) in [7, 11) is 0. The number of nitrogens with two attached hydrogens (primary N) is 1. The highest BCUT2D eigenvalue weighted by Crippen LogP contribution is 2.19. The summed E-state index contributed by atoms with van der Waals surface area (Å²) in [5, 5.41) is 0.659. The highest BCUT2D eigenvalue weighted by molar-refractivity contribution is 6.30. The topological polar surface area (TPSA) is 75.6 Å². The number of anilines is 1. The third kappa shape index (κ3) is 2.93. The SMILES string of the molecule is NCc1ccoc1C(=O)N1CCN(c2cc(Cl)ccn2)CC1. The molecular weight excluding hydrogens is 304 g/mol. The maximum Gasteiger partial charge on any atom is 0.290 e. The molecule has 2 N–H and O–H groups in total. The van der Waals surface area contributed by atoms with Crippen LogP contribution in [0.1, 0.15) is 16.1 Å². The Morgan fingerprint density at radius 2 is 2.09 bits per heavy atom. The summed E-state index contributed by atoms with van der Waals surface area (Å²) in [6, 6.07) is 5.31. The van der Waals surface area contributed by atoms with Crippen molar-refractivity contribution in [2.45, 2.75) is 6.54 Å². The van der Waals surface area contributed by atoms with E-state index in [4.69, 9.17) is 21.8 Å². The monoisotopic (exact) mass is 320 g/mol. The molecule has 0 unspecified atom stereocenters. The van der Waals surface area contributed by atoms with Crippen LogP contribution in [0.3, 0.4) is 0 Å². The van der Waals surface area contributed by atoms with Crippen molar-refractivity contribution in [2.75, 3.05) is 31.1 Å². The molecule has 6 nitrogen and oxygen atoms in total. The van der Waals surface area contributed by atoms with Gasteiger partial charge in [0.1, 0.15) is 5.82 Å². The van der Waals surface area contributed by atoms with E-state index in [0.717, 1.165) is 11.4 Å². The number of carbonyl (C=O) groups excluding carboxylic acids is 1. The lowest BCUT2D eigenvalue weighted by Gasteiger charge is -2.35. The summed E-state index contributed by atoms with van der Waals surface area (Å²) in [4.78, 5) is 20.7. The molecule has 0 spiro atoms. The smallest absolute Gasteiger partial charge is 0.290 e. The molecule has 2 aromatic heterocycles. The number of furan rings is 1. The van der Waals surface area contributed by atoms with Crippen LogP contribution < -0.4 is 10.6 Å². The van der Waals surface area contributed by atoms with E-state index in [0.29, 0.717) is 43.5 Å². The molecule has 3 heterocycles. The van der Waals surface area contributed by atoms with Gasteiger partial charge in [-0.25, -0.2) is 4.98 Å². The molecule has 1 aliphatic heterocycles. The Balaban J connectivity index is 1.65. The molecule has 116 valence electrons. The molecule has 22 heavy (non-hydrogen) atoms. The first kappa shape index (κ1) is 14.9. The zero-order valence-corrected chi connectivity index (χ0v) is 12.8. The van der Waals surface area contributed by atoms with E-state index in [1.807, 2.05) is 6.07 Å². The van der Waals surface area contributed by atoms with Gasteiger partial charge in [-0.1, -0.05) is 11.6 Å². The Bertz CT molecular complexity index is 665. The predicted octanol–water partition coefficient (Wildman–Crippen LogP) is 1.75. The van der Waals surface area contributed by atoms with E-state index in [-0.39, 0.29) is 5.91 Å². The van der Waals surface area contributed by atoms with Gasteiger partial charge in [0.25, 0.3) is 5.91 Å². The van der Waals surface area contributed by atoms with Gasteiger partial charge in [0.2, 0.25) is 0 Å². The number of nitrogens with zero attached hydrogens (tertiary/aromatic N) is 3. The number of hydrogen-bond acceptors (Lipinski definition) is 5. The summed E-state index contributed by atoms with van der Waals surface area (Å²) in [6.45, 7) is 2.93. The fourth-order valence-corrected chi connectivity index (χ4v) is 2.69. The molecule has 0 saturated carbocycles. The zero-order chi connectivity index (χ0) is 15.5. The van der Waals surface area contributed by atoms with E-state index >= 15 is 0 Å². The van der Waals surface area contributed by atoms with Gasteiger partial charge in [-0.3, -0.25) is 4.79 Å². The number of hydrogen-bond donors (Lipinski definition) is 1. The molecule has 3 rings (SSSR count). The number of aromatic nitrogens is 1. The van der Waals surface area contributed by atoms with Crippen LogP contribution in [0.5, 0.6) is 0 Å². The fraction of sp³-hybridized carbons (Fsp3) is 0.333. The summed E-state index contributed by atoms with van der Waals surface area (Å²) < 4.78 is 5.28. The van der Waals surface area contributed by atoms with Crippen molar-refractivity contribution in [2.24, 2.45) is 5.73 Å². The Labute approximate surface area is 133 Å². The minimum atomic E-state index is -0.107. The Morgan fingerprint density at radius 1 is 1.32 bits per heavy atom. The van der Waals surface area contributed by atoms with Crippen molar-refractivity contribution in [3.05, 3.63) is 47.0 Å². The molecular formula is C15H17ClN4O2. The van der Waals surface area contributed by atoms with Gasteiger partial charge in [0, 0.05) is 49.5 Å². The molecule has 7 heteroatoms. The summed E-state index contributed by atoms with van der Waals surface area (Å²) in [5.74, 6) is 1.07. The van der Waals surface area contributed by atoms with Gasteiger partial charge in [0.05, 0.1) is 6.26 Å². The van der Waals surface area contributed by atoms with E-state index in [9.17, 15) is 4.79 Å². The van der Waals surface area contributed by atoms with Gasteiger partial charge in [0.15, 0.2) is 5.76 Å². The largest absolute Gasteiger partial charge is 0.459 e. The molecule has 1 aliphatic rings. The van der Waals surface area contributed by atoms with Gasteiger partial charge in [-0.15, -0.1) is 0 Å². The van der Waals surface area contributed by atoms with Crippen molar-refractivity contribution in [3.8, 4) is 0 Å². The highest BCUT2D eigenvalue weighted by Gasteiger charge is 2.26. The van der Waals surface area contributed by atoms with Crippen molar-refractivity contribution >= 4 is 23.3 Å². The molecule has 0 bridgehead atoms. The first-order valence-corrected chi connectivity index (χ1v) is 7.49. The van der Waals surface area contributed by atoms with Gasteiger partial charge < -0.3 is 20.0 Å². The number of rotatable bonds is 3. The fourth-order valence-electron chi connectivity index (χ4n) is 2.53. The molecule has 0 atom stereocenters. The average Bonchev–Trinajstić information content (AvgIpc) is 3.03. The number of carbonyl (C=O) groups is 1. The lowest BCUT2D eigenvalue weighted by atomic mass is 10.2. The van der Waals surface area contributed by atoms with Crippen LogP contribution in [0.25, 0.3) is 0 Å². The van der Waals surface area contributed by atoms with Crippen molar-refractivity contribution in [1.29, 1.82) is 0 Å². The molecule has 1 fully saturated rings. The van der Waals surface area contributed by atoms with Crippen molar-refractivity contribution in [3.63, 3.8) is 0 Å². The van der Waals surface area contributed by atoms with Gasteiger partial charge >= 0.3 is 0 Å². The molecule has 2 aromatic rings. The van der Waals surface area contributed by atoms with Crippen LogP contribution in [0.4, 0.5) is 5.82 Å². The maximum atomic E-state index is 12.5. The van der Waals surface area contributed by atoms with E-state index in [1.165, 1.54) is 6.26 Å². The molecule has 0 radical (unpaired) electrons. The Hall–Kier alpha value is -2.05. The number of piperazine rings is 1. The van der Waals surface area contributed by atoms with Crippen LogP contribution >= 0.6 is 11.6 Å². The standard InChI is InChI=1S/C15H17ClN4O2/c16-12-1-3-18-13(9-12)19-4-6-20(7-5-19)15(21)14-11(10-17)2-8-22-14/h1-3,8-9H,4-7,10,17H2. The average molecular weight is 321 g/mol. The Morgan fingerprint density at radius 3 is 2.77 bits per heavy atom. The molecule has 1 amide bonds. The summed E-state index contributed by atoms with van der Waals surface area (Å²) in [6.07, 6.45) is 3.19. The minimum Gasteiger partial charge on any atom is -0.459 e. The summed E-state index contributed by atoms with van der Waals surface area (Å²) >= 11 is 5.99. The Kier molecular flexibility index (Phi) is 4.31. The van der Waals surface area contributed by atoms with E-state index in [2.05, 4.69) is 9.88 Å². The normalized spacial score (nSPS) is 15.2. The molecule has 1 saturated heterocycles. The third-order valence-corrected chi connectivity index (χ3v) is 3.99. The van der Waals surface area contributed by atoms with Gasteiger partial charge in [-0.2, -0.15) is 0 Å². The summed E-state index contributed by atoms with van der Waals surface area (Å²) in [5.41, 5.74) is 6.35. The second-order valence-corrected chi connectivity index (χ2v) is 5.53. The lowest BCUT2D eigenvalue weighted by Crippen LogP contribution is -2.49. The quantitative estimate of drug-likeness (QED) is 0.932. The predicted molar refractivity (Wildman–Crippen MR) is 84.0 cm³/mol. The highest BCUT2D eigenvalue weighted by atomic mass is 35.5. The zero-order valence-electron chi connectivity index (χ0n) is 12.0. The van der Waals surface area contributed by atoms with E-state index < -0.39 is 0 Å². The lowest BCUT2D eigenvalue weighted by molar-refractivity contribution is 0.0713. The van der Waals surface area contributed by atoms with Gasteiger partial charge in [-0.05, 0) is 18.2 Å². The van der Waals surface area contributed by atoms with Crippen LogP contribution in [-0.2, 0) is 6.54 Å². The van der Waals surface area contributed by atoms with Crippen LogP contribution in [0.15, 0.2) is 35.1 Å². The number of halogens is 1. The number of amides is 1. The maximum absolute atomic E-state index is 12.5. The second-order valence-electron chi connectivity index (χ2n) is 5.09. The number of pyridine rings is 1. The minimum absolute atomic E-state index is 0.107. The van der Waals surface area contributed by atoms with E-state index in [1.54, 1.807) is 23.2 Å².